The molecule has 1 aliphatic carbocycles. The second-order valence-electron chi connectivity index (χ2n) is 6.49. The summed E-state index contributed by atoms with van der Waals surface area (Å²) in [4.78, 5) is 16.0. The molecule has 1 aromatic rings. The van der Waals surface area contributed by atoms with E-state index in [1.165, 1.54) is 0 Å². The standard InChI is InChI=1S/C17H24N2O3/c1-13-4-6-17(7-5-13)21-12-15(22-17)11-19-16(20)9-14-3-2-8-18-10-14/h2-3,8,10,13,15H,4-7,9,11-12H2,1H3,(H,19,20). The van der Waals surface area contributed by atoms with Crippen molar-refractivity contribution in [2.75, 3.05) is 13.2 Å². The average Bonchev–Trinajstić information content (AvgIpc) is 2.93. The monoisotopic (exact) mass is 304 g/mol. The van der Waals surface area contributed by atoms with Gasteiger partial charge in [0.25, 0.3) is 0 Å². The number of hydrogen-bond acceptors (Lipinski definition) is 4. The SMILES string of the molecule is CC1CCC2(CC1)OCC(CNC(=O)Cc1cccnc1)O2. The molecule has 0 bridgehead atoms. The summed E-state index contributed by atoms with van der Waals surface area (Å²) < 4.78 is 12.0. The maximum atomic E-state index is 11.9. The van der Waals surface area contributed by atoms with E-state index >= 15 is 0 Å². The molecule has 1 aromatic heterocycles. The Morgan fingerprint density at radius 3 is 3.00 bits per heavy atom. The van der Waals surface area contributed by atoms with Crippen LogP contribution in [-0.4, -0.2) is 35.9 Å². The maximum Gasteiger partial charge on any atom is 0.224 e. The molecule has 1 saturated heterocycles. The molecular formula is C17H24N2O3. The molecular weight excluding hydrogens is 280 g/mol. The Labute approximate surface area is 131 Å². The fourth-order valence-corrected chi connectivity index (χ4v) is 3.16. The molecule has 22 heavy (non-hydrogen) atoms. The molecule has 1 saturated carbocycles. The summed E-state index contributed by atoms with van der Waals surface area (Å²) in [6.07, 6.45) is 7.97. The fraction of sp³-hybridized carbons (Fsp3) is 0.647. The van der Waals surface area contributed by atoms with Crippen molar-refractivity contribution >= 4 is 5.91 Å². The first-order valence-electron chi connectivity index (χ1n) is 8.13. The summed E-state index contributed by atoms with van der Waals surface area (Å²) in [5.41, 5.74) is 0.918. The Morgan fingerprint density at radius 1 is 1.45 bits per heavy atom. The molecule has 120 valence electrons. The van der Waals surface area contributed by atoms with Gasteiger partial charge in [0.05, 0.1) is 13.0 Å². The van der Waals surface area contributed by atoms with Crippen molar-refractivity contribution < 1.29 is 14.3 Å². The van der Waals surface area contributed by atoms with Gasteiger partial charge in [0.15, 0.2) is 5.79 Å². The van der Waals surface area contributed by atoms with Crippen LogP contribution in [0, 0.1) is 5.92 Å². The van der Waals surface area contributed by atoms with Crippen LogP contribution in [-0.2, 0) is 20.7 Å². The quantitative estimate of drug-likeness (QED) is 0.925. The van der Waals surface area contributed by atoms with E-state index < -0.39 is 0 Å². The van der Waals surface area contributed by atoms with Gasteiger partial charge in [-0.05, 0) is 30.4 Å². The maximum absolute atomic E-state index is 11.9. The molecule has 1 atom stereocenters. The topological polar surface area (TPSA) is 60.5 Å². The van der Waals surface area contributed by atoms with E-state index in [1.54, 1.807) is 12.4 Å². The molecule has 2 aliphatic rings. The number of carbonyl (C=O) groups is 1. The lowest BCUT2D eigenvalue weighted by Gasteiger charge is -2.34. The second-order valence-corrected chi connectivity index (χ2v) is 6.49. The molecule has 1 amide bonds. The smallest absolute Gasteiger partial charge is 0.224 e. The van der Waals surface area contributed by atoms with Crippen LogP contribution in [0.15, 0.2) is 24.5 Å². The lowest BCUT2D eigenvalue weighted by atomic mass is 9.86. The zero-order valence-electron chi connectivity index (χ0n) is 13.1. The van der Waals surface area contributed by atoms with Crippen molar-refractivity contribution in [1.82, 2.24) is 10.3 Å². The van der Waals surface area contributed by atoms with Crippen LogP contribution >= 0.6 is 0 Å². The number of nitrogens with zero attached hydrogens (tertiary/aromatic N) is 1. The highest BCUT2D eigenvalue weighted by atomic mass is 16.7. The Balaban J connectivity index is 1.42. The van der Waals surface area contributed by atoms with Gasteiger partial charge in [-0.15, -0.1) is 0 Å². The summed E-state index contributed by atoms with van der Waals surface area (Å²) in [7, 11) is 0. The number of aromatic nitrogens is 1. The molecule has 5 heteroatoms. The number of hydrogen-bond donors (Lipinski definition) is 1. The van der Waals surface area contributed by atoms with Gasteiger partial charge >= 0.3 is 0 Å². The summed E-state index contributed by atoms with van der Waals surface area (Å²) in [6.45, 7) is 3.36. The molecule has 5 nitrogen and oxygen atoms in total. The largest absolute Gasteiger partial charge is 0.353 e. The van der Waals surface area contributed by atoms with Crippen LogP contribution in [0.4, 0.5) is 0 Å². The third kappa shape index (κ3) is 3.84. The van der Waals surface area contributed by atoms with E-state index in [0.29, 0.717) is 19.6 Å². The number of ether oxygens (including phenoxy) is 2. The summed E-state index contributed by atoms with van der Waals surface area (Å²) in [6, 6.07) is 3.74. The highest BCUT2D eigenvalue weighted by Crippen LogP contribution is 2.39. The van der Waals surface area contributed by atoms with Crippen LogP contribution in [0.3, 0.4) is 0 Å². The predicted molar refractivity (Wildman–Crippen MR) is 82.1 cm³/mol. The van der Waals surface area contributed by atoms with Crippen LogP contribution in [0.25, 0.3) is 0 Å². The van der Waals surface area contributed by atoms with Crippen molar-refractivity contribution in [2.45, 2.75) is 50.9 Å². The van der Waals surface area contributed by atoms with Gasteiger partial charge in [-0.3, -0.25) is 9.78 Å². The van der Waals surface area contributed by atoms with E-state index in [-0.39, 0.29) is 17.8 Å². The van der Waals surface area contributed by atoms with Crippen molar-refractivity contribution in [3.05, 3.63) is 30.1 Å². The van der Waals surface area contributed by atoms with E-state index in [9.17, 15) is 4.79 Å². The van der Waals surface area contributed by atoms with E-state index in [0.717, 1.165) is 37.2 Å². The highest BCUT2D eigenvalue weighted by molar-refractivity contribution is 5.78. The van der Waals surface area contributed by atoms with Gasteiger partial charge in [-0.25, -0.2) is 0 Å². The zero-order valence-corrected chi connectivity index (χ0v) is 13.1. The second kappa shape index (κ2) is 6.75. The van der Waals surface area contributed by atoms with Crippen LogP contribution < -0.4 is 5.32 Å². The Bertz CT molecular complexity index is 498. The van der Waals surface area contributed by atoms with Gasteiger partial charge in [0.2, 0.25) is 5.91 Å². The first-order valence-corrected chi connectivity index (χ1v) is 8.13. The van der Waals surface area contributed by atoms with Gasteiger partial charge in [0, 0.05) is 31.8 Å². The van der Waals surface area contributed by atoms with E-state index in [1.807, 2.05) is 12.1 Å². The number of pyridine rings is 1. The highest BCUT2D eigenvalue weighted by Gasteiger charge is 2.43. The van der Waals surface area contributed by atoms with Gasteiger partial charge in [-0.1, -0.05) is 13.0 Å². The molecule has 0 aromatic carbocycles. The van der Waals surface area contributed by atoms with Crippen molar-refractivity contribution in [1.29, 1.82) is 0 Å². The first-order chi connectivity index (χ1) is 10.7. The molecule has 1 spiro atoms. The van der Waals surface area contributed by atoms with Crippen molar-refractivity contribution in [3.8, 4) is 0 Å². The Kier molecular flexibility index (Phi) is 4.74. The molecule has 2 heterocycles. The summed E-state index contributed by atoms with van der Waals surface area (Å²) in [5.74, 6) is 0.372. The lowest BCUT2D eigenvalue weighted by Crippen LogP contribution is -2.38. The third-order valence-corrected chi connectivity index (χ3v) is 4.56. The molecule has 2 fully saturated rings. The van der Waals surface area contributed by atoms with E-state index in [4.69, 9.17) is 9.47 Å². The molecule has 3 rings (SSSR count). The van der Waals surface area contributed by atoms with Gasteiger partial charge in [0.1, 0.15) is 6.10 Å². The van der Waals surface area contributed by atoms with Crippen LogP contribution in [0.2, 0.25) is 0 Å². The van der Waals surface area contributed by atoms with E-state index in [2.05, 4.69) is 17.2 Å². The lowest BCUT2D eigenvalue weighted by molar-refractivity contribution is -0.191. The third-order valence-electron chi connectivity index (χ3n) is 4.56. The number of amides is 1. The number of nitrogens with one attached hydrogen (secondary N) is 1. The minimum Gasteiger partial charge on any atom is -0.353 e. The number of rotatable bonds is 4. The number of carbonyl (C=O) groups excluding carboxylic acids is 1. The molecule has 1 unspecified atom stereocenters. The van der Waals surface area contributed by atoms with Crippen molar-refractivity contribution in [2.24, 2.45) is 5.92 Å². The fourth-order valence-electron chi connectivity index (χ4n) is 3.16. The van der Waals surface area contributed by atoms with Crippen molar-refractivity contribution in [3.63, 3.8) is 0 Å². The molecule has 1 N–H and O–H groups in total. The average molecular weight is 304 g/mol. The summed E-state index contributed by atoms with van der Waals surface area (Å²) >= 11 is 0. The van der Waals surface area contributed by atoms with Crippen LogP contribution in [0.5, 0.6) is 0 Å². The minimum atomic E-state index is -0.384. The van der Waals surface area contributed by atoms with Gasteiger partial charge in [-0.2, -0.15) is 0 Å². The first kappa shape index (κ1) is 15.4. The minimum absolute atomic E-state index is 0.00480. The molecule has 1 aliphatic heterocycles. The van der Waals surface area contributed by atoms with Gasteiger partial charge < -0.3 is 14.8 Å². The Morgan fingerprint density at radius 2 is 2.27 bits per heavy atom. The summed E-state index contributed by atoms with van der Waals surface area (Å²) in [5, 5.41) is 2.93. The molecule has 0 radical (unpaired) electrons. The predicted octanol–water partition coefficient (Wildman–Crippen LogP) is 2.06. The normalized spacial score (nSPS) is 31.3. The zero-order chi connectivity index (χ0) is 15.4. The Hall–Kier alpha value is -1.46. The van der Waals surface area contributed by atoms with Crippen LogP contribution in [0.1, 0.15) is 38.2 Å².